The highest BCUT2D eigenvalue weighted by Crippen LogP contribution is 2.26. The first-order chi connectivity index (χ1) is 7.25. The lowest BCUT2D eigenvalue weighted by molar-refractivity contribution is 1.10. The van der Waals surface area contributed by atoms with E-state index in [1.807, 2.05) is 0 Å². The topological polar surface area (TPSA) is 54.7 Å². The number of aromatic nitrogens is 2. The fourth-order valence-corrected chi connectivity index (χ4v) is 2.19. The molecule has 0 unspecified atom stereocenters. The Morgan fingerprint density at radius 2 is 2.33 bits per heavy atom. The third kappa shape index (κ3) is 2.53. The molecule has 0 atom stereocenters. The summed E-state index contributed by atoms with van der Waals surface area (Å²) >= 11 is 1.70. The van der Waals surface area contributed by atoms with Gasteiger partial charge in [-0.1, -0.05) is 29.8 Å². The Balaban J connectivity index is 2.02. The van der Waals surface area contributed by atoms with Crippen LogP contribution in [0.1, 0.15) is 11.1 Å². The molecule has 1 aromatic carbocycles. The van der Waals surface area contributed by atoms with Crippen molar-refractivity contribution in [3.63, 3.8) is 0 Å². The zero-order chi connectivity index (χ0) is 10.7. The maximum Gasteiger partial charge on any atom is 0.132 e. The highest BCUT2D eigenvalue weighted by Gasteiger charge is 2.02. The van der Waals surface area contributed by atoms with Crippen LogP contribution in [0.3, 0.4) is 0 Å². The molecule has 3 nitrogen and oxygen atoms in total. The standard InChI is InChI=1S/C11H13N3S/c1-8-3-2-4-9(5-8)7-15-10-6-13-14-11(10)12/h2-6H,7H2,1H3,(H3,12,13,14). The lowest BCUT2D eigenvalue weighted by Crippen LogP contribution is -1.87. The van der Waals surface area contributed by atoms with Crippen molar-refractivity contribution in [3.05, 3.63) is 41.6 Å². The van der Waals surface area contributed by atoms with E-state index in [-0.39, 0.29) is 0 Å². The first-order valence-corrected chi connectivity index (χ1v) is 5.71. The Labute approximate surface area is 93.1 Å². The third-order valence-corrected chi connectivity index (χ3v) is 3.22. The molecule has 1 heterocycles. The van der Waals surface area contributed by atoms with E-state index < -0.39 is 0 Å². The molecule has 0 spiro atoms. The van der Waals surface area contributed by atoms with Crippen LogP contribution in [-0.4, -0.2) is 10.2 Å². The number of hydrogen-bond donors (Lipinski definition) is 2. The Bertz CT molecular complexity index is 451. The second-order valence-corrected chi connectivity index (χ2v) is 4.44. The third-order valence-electron chi connectivity index (χ3n) is 2.11. The maximum absolute atomic E-state index is 5.70. The molecule has 2 aromatic rings. The van der Waals surface area contributed by atoms with E-state index in [1.54, 1.807) is 18.0 Å². The zero-order valence-corrected chi connectivity index (χ0v) is 9.34. The van der Waals surface area contributed by atoms with Crippen molar-refractivity contribution < 1.29 is 0 Å². The first kappa shape index (κ1) is 10.1. The summed E-state index contributed by atoms with van der Waals surface area (Å²) in [7, 11) is 0. The van der Waals surface area contributed by atoms with Gasteiger partial charge in [-0.25, -0.2) is 0 Å². The molecular weight excluding hydrogens is 206 g/mol. The number of H-pyrrole nitrogens is 1. The van der Waals surface area contributed by atoms with Crippen LogP contribution in [0.25, 0.3) is 0 Å². The van der Waals surface area contributed by atoms with Gasteiger partial charge in [0.25, 0.3) is 0 Å². The van der Waals surface area contributed by atoms with E-state index in [0.717, 1.165) is 10.6 Å². The highest BCUT2D eigenvalue weighted by molar-refractivity contribution is 7.98. The van der Waals surface area contributed by atoms with Gasteiger partial charge in [0.15, 0.2) is 0 Å². The molecule has 15 heavy (non-hydrogen) atoms. The van der Waals surface area contributed by atoms with Gasteiger partial charge in [-0.2, -0.15) is 5.10 Å². The number of benzene rings is 1. The van der Waals surface area contributed by atoms with Crippen LogP contribution in [-0.2, 0) is 5.75 Å². The van der Waals surface area contributed by atoms with Gasteiger partial charge in [-0.05, 0) is 12.5 Å². The summed E-state index contributed by atoms with van der Waals surface area (Å²) in [5, 5.41) is 6.60. The molecule has 0 radical (unpaired) electrons. The van der Waals surface area contributed by atoms with Crippen LogP contribution in [0.2, 0.25) is 0 Å². The van der Waals surface area contributed by atoms with Crippen molar-refractivity contribution in [2.75, 3.05) is 5.73 Å². The van der Waals surface area contributed by atoms with Crippen molar-refractivity contribution in [1.82, 2.24) is 10.2 Å². The van der Waals surface area contributed by atoms with Crippen LogP contribution in [0.4, 0.5) is 5.82 Å². The number of nitrogen functional groups attached to an aromatic ring is 1. The van der Waals surface area contributed by atoms with Crippen molar-refractivity contribution in [2.45, 2.75) is 17.6 Å². The van der Waals surface area contributed by atoms with Crippen molar-refractivity contribution in [3.8, 4) is 0 Å². The van der Waals surface area contributed by atoms with Gasteiger partial charge >= 0.3 is 0 Å². The minimum Gasteiger partial charge on any atom is -0.383 e. The fraction of sp³-hybridized carbons (Fsp3) is 0.182. The molecule has 0 aliphatic carbocycles. The van der Waals surface area contributed by atoms with Gasteiger partial charge in [-0.3, -0.25) is 5.10 Å². The van der Waals surface area contributed by atoms with Crippen LogP contribution >= 0.6 is 11.8 Å². The first-order valence-electron chi connectivity index (χ1n) is 4.73. The molecule has 3 N–H and O–H groups in total. The van der Waals surface area contributed by atoms with Gasteiger partial charge in [0.05, 0.1) is 11.1 Å². The number of hydrogen-bond acceptors (Lipinski definition) is 3. The van der Waals surface area contributed by atoms with Crippen molar-refractivity contribution in [1.29, 1.82) is 0 Å². The molecule has 0 saturated heterocycles. The Morgan fingerprint density at radius 3 is 3.00 bits per heavy atom. The number of nitrogens with two attached hydrogens (primary N) is 1. The van der Waals surface area contributed by atoms with Crippen molar-refractivity contribution >= 4 is 17.6 Å². The molecule has 0 aliphatic rings. The van der Waals surface area contributed by atoms with Gasteiger partial charge in [-0.15, -0.1) is 11.8 Å². The SMILES string of the molecule is Cc1cccc(CSc2cn[nH]c2N)c1. The number of nitrogens with one attached hydrogen (secondary N) is 1. The summed E-state index contributed by atoms with van der Waals surface area (Å²) in [6.07, 6.45) is 1.76. The Kier molecular flexibility index (Phi) is 2.97. The van der Waals surface area contributed by atoms with Gasteiger partial charge in [0.1, 0.15) is 5.82 Å². The molecule has 0 saturated carbocycles. The molecule has 0 bridgehead atoms. The van der Waals surface area contributed by atoms with E-state index in [1.165, 1.54) is 11.1 Å². The van der Waals surface area contributed by atoms with E-state index in [9.17, 15) is 0 Å². The van der Waals surface area contributed by atoms with Crippen LogP contribution in [0.5, 0.6) is 0 Å². The van der Waals surface area contributed by atoms with Crippen LogP contribution < -0.4 is 5.73 Å². The molecule has 0 fully saturated rings. The predicted molar refractivity (Wildman–Crippen MR) is 63.7 cm³/mol. The maximum atomic E-state index is 5.70. The Hall–Kier alpha value is -1.42. The number of rotatable bonds is 3. The predicted octanol–water partition coefficient (Wildman–Crippen LogP) is 2.59. The van der Waals surface area contributed by atoms with Crippen LogP contribution in [0, 0.1) is 6.92 Å². The molecule has 0 amide bonds. The van der Waals surface area contributed by atoms with Gasteiger partial charge in [0.2, 0.25) is 0 Å². The minimum atomic E-state index is 0.646. The second-order valence-electron chi connectivity index (χ2n) is 3.43. The lowest BCUT2D eigenvalue weighted by Gasteiger charge is -2.01. The molecule has 2 rings (SSSR count). The van der Waals surface area contributed by atoms with Crippen molar-refractivity contribution in [2.24, 2.45) is 0 Å². The second kappa shape index (κ2) is 4.40. The number of anilines is 1. The van der Waals surface area contributed by atoms with E-state index in [4.69, 9.17) is 5.73 Å². The van der Waals surface area contributed by atoms with E-state index in [2.05, 4.69) is 41.4 Å². The molecule has 4 heteroatoms. The smallest absolute Gasteiger partial charge is 0.132 e. The summed E-state index contributed by atoms with van der Waals surface area (Å²) in [5.41, 5.74) is 8.29. The number of nitrogens with zero attached hydrogens (tertiary/aromatic N) is 1. The summed E-state index contributed by atoms with van der Waals surface area (Å²) in [6.45, 7) is 2.10. The number of aromatic amines is 1. The number of aryl methyl sites for hydroxylation is 1. The average molecular weight is 219 g/mol. The normalized spacial score (nSPS) is 10.5. The minimum absolute atomic E-state index is 0.646. The molecule has 78 valence electrons. The largest absolute Gasteiger partial charge is 0.383 e. The number of thioether (sulfide) groups is 1. The quantitative estimate of drug-likeness (QED) is 0.780. The molecule has 0 aliphatic heterocycles. The monoisotopic (exact) mass is 219 g/mol. The summed E-state index contributed by atoms with van der Waals surface area (Å²) in [5.74, 6) is 1.57. The van der Waals surface area contributed by atoms with Gasteiger partial charge in [0, 0.05) is 5.75 Å². The Morgan fingerprint density at radius 1 is 1.47 bits per heavy atom. The van der Waals surface area contributed by atoms with E-state index in [0.29, 0.717) is 5.82 Å². The zero-order valence-electron chi connectivity index (χ0n) is 8.53. The fourth-order valence-electron chi connectivity index (χ4n) is 1.36. The van der Waals surface area contributed by atoms with Gasteiger partial charge < -0.3 is 5.73 Å². The summed E-state index contributed by atoms with van der Waals surface area (Å²) < 4.78 is 0. The lowest BCUT2D eigenvalue weighted by atomic mass is 10.2. The highest BCUT2D eigenvalue weighted by atomic mass is 32.2. The molecule has 1 aromatic heterocycles. The average Bonchev–Trinajstić information content (AvgIpc) is 2.61. The molecular formula is C11H13N3S. The summed E-state index contributed by atoms with van der Waals surface area (Å²) in [6, 6.07) is 8.48. The van der Waals surface area contributed by atoms with E-state index >= 15 is 0 Å². The summed E-state index contributed by atoms with van der Waals surface area (Å²) in [4.78, 5) is 1.01. The van der Waals surface area contributed by atoms with Crippen LogP contribution in [0.15, 0.2) is 35.4 Å².